The Balaban J connectivity index is 2.18. The highest BCUT2D eigenvalue weighted by atomic mass is 32.2. The van der Waals surface area contributed by atoms with E-state index in [1.165, 1.54) is 36.0 Å². The second kappa shape index (κ2) is 8.53. The van der Waals surface area contributed by atoms with E-state index in [-0.39, 0.29) is 23.4 Å². The minimum absolute atomic E-state index is 0.164. The number of nitrogens with one attached hydrogen (secondary N) is 1. The van der Waals surface area contributed by atoms with Crippen LogP contribution in [0.4, 0.5) is 10.1 Å². The Kier molecular flexibility index (Phi) is 6.95. The summed E-state index contributed by atoms with van der Waals surface area (Å²) in [7, 11) is 0. The molecule has 6 heteroatoms. The Hall–Kier alpha value is -1.56. The highest BCUT2D eigenvalue weighted by molar-refractivity contribution is 7.99. The summed E-state index contributed by atoms with van der Waals surface area (Å²) < 4.78 is 17.4. The lowest BCUT2D eigenvalue weighted by Crippen LogP contribution is -2.13. The Labute approximate surface area is 115 Å². The van der Waals surface area contributed by atoms with Crippen molar-refractivity contribution in [1.82, 2.24) is 0 Å². The predicted molar refractivity (Wildman–Crippen MR) is 73.6 cm³/mol. The number of esters is 1. The third kappa shape index (κ3) is 6.81. The van der Waals surface area contributed by atoms with Gasteiger partial charge < -0.3 is 10.1 Å². The van der Waals surface area contributed by atoms with Gasteiger partial charge in [0.1, 0.15) is 5.82 Å². The average Bonchev–Trinajstić information content (AvgIpc) is 2.38. The van der Waals surface area contributed by atoms with E-state index in [0.717, 1.165) is 0 Å². The molecule has 0 saturated carbocycles. The van der Waals surface area contributed by atoms with Crippen LogP contribution in [0.25, 0.3) is 0 Å². The Morgan fingerprint density at radius 2 is 2.00 bits per heavy atom. The molecule has 104 valence electrons. The molecule has 0 aliphatic carbocycles. The van der Waals surface area contributed by atoms with Gasteiger partial charge in [-0.15, -0.1) is 11.8 Å². The molecule has 1 aromatic rings. The first-order valence-electron chi connectivity index (χ1n) is 5.90. The zero-order chi connectivity index (χ0) is 14.1. The molecule has 0 fully saturated rings. The van der Waals surface area contributed by atoms with Crippen LogP contribution in [0.5, 0.6) is 0 Å². The van der Waals surface area contributed by atoms with Gasteiger partial charge >= 0.3 is 5.97 Å². The minimum atomic E-state index is -0.344. The first-order valence-corrected chi connectivity index (χ1v) is 7.06. The first kappa shape index (κ1) is 15.5. The van der Waals surface area contributed by atoms with Gasteiger partial charge in [-0.05, 0) is 31.2 Å². The number of anilines is 1. The normalized spacial score (nSPS) is 10.0. The molecule has 1 aromatic carbocycles. The zero-order valence-corrected chi connectivity index (χ0v) is 11.5. The number of halogens is 1. The lowest BCUT2D eigenvalue weighted by atomic mass is 10.3. The van der Waals surface area contributed by atoms with Crippen LogP contribution >= 0.6 is 11.8 Å². The molecule has 0 saturated heterocycles. The van der Waals surface area contributed by atoms with E-state index in [1.54, 1.807) is 6.92 Å². The number of hydrogen-bond acceptors (Lipinski definition) is 4. The zero-order valence-electron chi connectivity index (χ0n) is 10.6. The van der Waals surface area contributed by atoms with Gasteiger partial charge in [0.25, 0.3) is 0 Å². The van der Waals surface area contributed by atoms with Crippen molar-refractivity contribution in [1.29, 1.82) is 0 Å². The van der Waals surface area contributed by atoms with Gasteiger partial charge in [0.15, 0.2) is 0 Å². The van der Waals surface area contributed by atoms with Crippen LogP contribution in [0.15, 0.2) is 24.3 Å². The molecule has 0 radical (unpaired) electrons. The largest absolute Gasteiger partial charge is 0.465 e. The van der Waals surface area contributed by atoms with Crippen LogP contribution in [0.3, 0.4) is 0 Å². The van der Waals surface area contributed by atoms with E-state index in [9.17, 15) is 14.0 Å². The fraction of sp³-hybridized carbons (Fsp3) is 0.385. The van der Waals surface area contributed by atoms with Gasteiger partial charge in [-0.25, -0.2) is 4.39 Å². The maximum absolute atomic E-state index is 12.7. The van der Waals surface area contributed by atoms with Crippen molar-refractivity contribution < 1.29 is 18.7 Å². The third-order valence-corrected chi connectivity index (χ3v) is 3.06. The first-order chi connectivity index (χ1) is 9.11. The van der Waals surface area contributed by atoms with Gasteiger partial charge in [0, 0.05) is 17.9 Å². The van der Waals surface area contributed by atoms with E-state index in [1.807, 2.05) is 0 Å². The molecule has 0 atom stereocenters. The molecule has 0 aliphatic heterocycles. The Morgan fingerprint density at radius 1 is 1.32 bits per heavy atom. The molecule has 1 amide bonds. The number of rotatable bonds is 7. The maximum Gasteiger partial charge on any atom is 0.315 e. The SMILES string of the molecule is CCOC(=O)CSCCC(=O)Nc1ccc(F)cc1. The maximum atomic E-state index is 12.7. The second-order valence-electron chi connectivity index (χ2n) is 3.66. The van der Waals surface area contributed by atoms with E-state index in [2.05, 4.69) is 5.32 Å². The molecule has 0 bridgehead atoms. The summed E-state index contributed by atoms with van der Waals surface area (Å²) in [5.74, 6) is 0.00108. The van der Waals surface area contributed by atoms with Crippen LogP contribution in [0.1, 0.15) is 13.3 Å². The highest BCUT2D eigenvalue weighted by Crippen LogP contribution is 2.10. The summed E-state index contributed by atoms with van der Waals surface area (Å²) in [4.78, 5) is 22.6. The fourth-order valence-corrected chi connectivity index (χ4v) is 2.00. The fourth-order valence-electron chi connectivity index (χ4n) is 1.28. The van der Waals surface area contributed by atoms with Gasteiger partial charge in [-0.1, -0.05) is 0 Å². The monoisotopic (exact) mass is 285 g/mol. The summed E-state index contributed by atoms with van der Waals surface area (Å²) in [5, 5.41) is 2.65. The van der Waals surface area contributed by atoms with Crippen molar-refractivity contribution in [2.24, 2.45) is 0 Å². The molecule has 0 heterocycles. The van der Waals surface area contributed by atoms with Crippen molar-refractivity contribution >= 4 is 29.3 Å². The van der Waals surface area contributed by atoms with Crippen LogP contribution in [-0.4, -0.2) is 30.0 Å². The van der Waals surface area contributed by atoms with Gasteiger partial charge in [-0.2, -0.15) is 0 Å². The standard InChI is InChI=1S/C13H16FNO3S/c1-2-18-13(17)9-19-8-7-12(16)15-11-5-3-10(14)4-6-11/h3-6H,2,7-9H2,1H3,(H,15,16). The Bertz CT molecular complexity index is 422. The number of benzene rings is 1. The molecule has 0 aromatic heterocycles. The number of carbonyl (C=O) groups excluding carboxylic acids is 2. The molecule has 1 N–H and O–H groups in total. The molecule has 4 nitrogen and oxygen atoms in total. The van der Waals surface area contributed by atoms with E-state index in [0.29, 0.717) is 24.5 Å². The summed E-state index contributed by atoms with van der Waals surface area (Å²) in [6.45, 7) is 2.11. The smallest absolute Gasteiger partial charge is 0.315 e. The van der Waals surface area contributed by atoms with Crippen molar-refractivity contribution in [3.63, 3.8) is 0 Å². The van der Waals surface area contributed by atoms with E-state index in [4.69, 9.17) is 4.74 Å². The molecular formula is C13H16FNO3S. The van der Waals surface area contributed by atoms with Gasteiger partial charge in [-0.3, -0.25) is 9.59 Å². The van der Waals surface area contributed by atoms with Crippen LogP contribution < -0.4 is 5.32 Å². The quantitative estimate of drug-likeness (QED) is 0.617. The number of amides is 1. The number of hydrogen-bond donors (Lipinski definition) is 1. The molecular weight excluding hydrogens is 269 g/mol. The summed E-state index contributed by atoms with van der Waals surface area (Å²) >= 11 is 1.35. The lowest BCUT2D eigenvalue weighted by molar-refractivity contribution is -0.139. The summed E-state index contributed by atoms with van der Waals surface area (Å²) in [6, 6.07) is 5.56. The van der Waals surface area contributed by atoms with Crippen molar-refractivity contribution in [2.75, 3.05) is 23.4 Å². The minimum Gasteiger partial charge on any atom is -0.465 e. The number of carbonyl (C=O) groups is 2. The van der Waals surface area contributed by atoms with Crippen LogP contribution in [0.2, 0.25) is 0 Å². The molecule has 19 heavy (non-hydrogen) atoms. The van der Waals surface area contributed by atoms with Gasteiger partial charge in [0.05, 0.1) is 12.4 Å². The predicted octanol–water partition coefficient (Wildman–Crippen LogP) is 2.45. The second-order valence-corrected chi connectivity index (χ2v) is 4.77. The van der Waals surface area contributed by atoms with Crippen LogP contribution in [-0.2, 0) is 14.3 Å². The highest BCUT2D eigenvalue weighted by Gasteiger charge is 2.05. The topological polar surface area (TPSA) is 55.4 Å². The van der Waals surface area contributed by atoms with Crippen molar-refractivity contribution in [3.8, 4) is 0 Å². The Morgan fingerprint density at radius 3 is 2.63 bits per heavy atom. The van der Waals surface area contributed by atoms with Crippen LogP contribution in [0, 0.1) is 5.82 Å². The lowest BCUT2D eigenvalue weighted by Gasteiger charge is -2.05. The third-order valence-electron chi connectivity index (χ3n) is 2.13. The molecule has 0 aliphatic rings. The van der Waals surface area contributed by atoms with Crippen molar-refractivity contribution in [3.05, 3.63) is 30.1 Å². The van der Waals surface area contributed by atoms with E-state index < -0.39 is 0 Å². The van der Waals surface area contributed by atoms with Crippen molar-refractivity contribution in [2.45, 2.75) is 13.3 Å². The van der Waals surface area contributed by atoms with E-state index >= 15 is 0 Å². The van der Waals surface area contributed by atoms with Gasteiger partial charge in [0.2, 0.25) is 5.91 Å². The molecule has 0 spiro atoms. The number of thioether (sulfide) groups is 1. The summed E-state index contributed by atoms with van der Waals surface area (Å²) in [5.41, 5.74) is 0.557. The number of ether oxygens (including phenoxy) is 1. The summed E-state index contributed by atoms with van der Waals surface area (Å²) in [6.07, 6.45) is 0.293. The molecule has 1 rings (SSSR count). The molecule has 0 unspecified atom stereocenters. The average molecular weight is 285 g/mol.